The van der Waals surface area contributed by atoms with Crippen LogP contribution in [0.3, 0.4) is 0 Å². The van der Waals surface area contributed by atoms with E-state index in [-0.39, 0.29) is 11.6 Å². The van der Waals surface area contributed by atoms with E-state index in [0.29, 0.717) is 16.9 Å². The molecule has 0 bridgehead atoms. The molecule has 2 atom stereocenters. The molecular weight excluding hydrogens is 442 g/mol. The van der Waals surface area contributed by atoms with Crippen molar-refractivity contribution >= 4 is 23.4 Å². The fourth-order valence-electron chi connectivity index (χ4n) is 4.42. The van der Waals surface area contributed by atoms with Gasteiger partial charge in [0, 0.05) is 11.1 Å². The van der Waals surface area contributed by atoms with Crippen molar-refractivity contribution in [3.05, 3.63) is 107 Å². The zero-order chi connectivity index (χ0) is 22.5. The number of benzene rings is 3. The summed E-state index contributed by atoms with van der Waals surface area (Å²) in [6, 6.07) is 20.1. The Bertz CT molecular complexity index is 1380. The number of para-hydroxylation sites is 1. The van der Waals surface area contributed by atoms with Gasteiger partial charge in [-0.1, -0.05) is 48.2 Å². The molecule has 1 aromatic heterocycles. The van der Waals surface area contributed by atoms with Crippen LogP contribution in [0.5, 0.6) is 5.75 Å². The molecule has 0 saturated carbocycles. The Morgan fingerprint density at radius 1 is 0.909 bits per heavy atom. The van der Waals surface area contributed by atoms with E-state index in [0.717, 1.165) is 28.0 Å². The molecule has 0 radical (unpaired) electrons. The number of nitrogens with one attached hydrogen (secondary N) is 1. The molecule has 0 spiro atoms. The molecule has 0 amide bonds. The maximum Gasteiger partial charge on any atom is 0.227 e. The zero-order valence-electron chi connectivity index (χ0n) is 17.5. The number of nitrogens with zero attached hydrogens (tertiary/aromatic N) is 3. The number of ether oxygens (including phenoxy) is 1. The molecule has 6 rings (SSSR count). The van der Waals surface area contributed by atoms with Crippen LogP contribution in [0, 0.1) is 11.6 Å². The average Bonchev–Trinajstić information content (AvgIpc) is 3.26. The first-order chi connectivity index (χ1) is 16.1. The SMILES string of the molecule is CSc1nc2n(n1)C(c1ccc(F)cc1)C1=C(N2)c2ccccc2OC1c1ccc(F)cc1. The summed E-state index contributed by atoms with van der Waals surface area (Å²) in [4.78, 5) is 4.64. The third-order valence-electron chi connectivity index (χ3n) is 5.90. The van der Waals surface area contributed by atoms with Crippen LogP contribution < -0.4 is 10.1 Å². The molecule has 5 nitrogen and oxygen atoms in total. The van der Waals surface area contributed by atoms with Gasteiger partial charge < -0.3 is 10.1 Å². The first-order valence-corrected chi connectivity index (χ1v) is 11.6. The monoisotopic (exact) mass is 460 g/mol. The molecule has 3 heterocycles. The first-order valence-electron chi connectivity index (χ1n) is 10.4. The summed E-state index contributed by atoms with van der Waals surface area (Å²) in [7, 11) is 0. The summed E-state index contributed by atoms with van der Waals surface area (Å²) >= 11 is 1.45. The lowest BCUT2D eigenvalue weighted by molar-refractivity contribution is 0.222. The largest absolute Gasteiger partial charge is 0.480 e. The fraction of sp³-hybridized carbons (Fsp3) is 0.120. The first kappa shape index (κ1) is 20.0. The van der Waals surface area contributed by atoms with E-state index in [2.05, 4.69) is 10.3 Å². The number of fused-ring (bicyclic) bond motifs is 3. The number of hydrogen-bond acceptors (Lipinski definition) is 5. The van der Waals surface area contributed by atoms with Gasteiger partial charge >= 0.3 is 0 Å². The predicted octanol–water partition coefficient (Wildman–Crippen LogP) is 5.84. The highest BCUT2D eigenvalue weighted by molar-refractivity contribution is 7.98. The summed E-state index contributed by atoms with van der Waals surface area (Å²) in [5.41, 5.74) is 4.32. The van der Waals surface area contributed by atoms with Crippen LogP contribution in [-0.4, -0.2) is 21.0 Å². The number of halogens is 2. The third-order valence-corrected chi connectivity index (χ3v) is 6.44. The van der Waals surface area contributed by atoms with E-state index in [1.165, 1.54) is 36.0 Å². The van der Waals surface area contributed by atoms with Crippen molar-refractivity contribution < 1.29 is 13.5 Å². The van der Waals surface area contributed by atoms with Crippen molar-refractivity contribution in [2.24, 2.45) is 0 Å². The van der Waals surface area contributed by atoms with E-state index in [1.54, 1.807) is 24.3 Å². The molecular formula is C25H18F2N4OS. The normalized spacial score (nSPS) is 18.6. The maximum absolute atomic E-state index is 13.8. The Balaban J connectivity index is 1.62. The molecule has 0 saturated heterocycles. The number of rotatable bonds is 3. The van der Waals surface area contributed by atoms with Gasteiger partial charge in [0.2, 0.25) is 11.1 Å². The highest BCUT2D eigenvalue weighted by Crippen LogP contribution is 2.50. The Kier molecular flexibility index (Phi) is 4.69. The van der Waals surface area contributed by atoms with Crippen LogP contribution in [0.1, 0.15) is 28.8 Å². The molecule has 8 heteroatoms. The van der Waals surface area contributed by atoms with Gasteiger partial charge in [-0.05, 0) is 53.8 Å². The number of anilines is 1. The van der Waals surface area contributed by atoms with Crippen LogP contribution >= 0.6 is 11.8 Å². The van der Waals surface area contributed by atoms with Gasteiger partial charge in [-0.25, -0.2) is 13.5 Å². The van der Waals surface area contributed by atoms with E-state index in [9.17, 15) is 8.78 Å². The molecule has 1 N–H and O–H groups in total. The lowest BCUT2D eigenvalue weighted by Gasteiger charge is -2.38. The summed E-state index contributed by atoms with van der Waals surface area (Å²) in [5, 5.41) is 8.78. The highest BCUT2D eigenvalue weighted by atomic mass is 32.2. The molecule has 4 aromatic rings. The van der Waals surface area contributed by atoms with Gasteiger partial charge in [-0.15, -0.1) is 5.10 Å². The fourth-order valence-corrected chi connectivity index (χ4v) is 4.77. The van der Waals surface area contributed by atoms with E-state index < -0.39 is 12.1 Å². The second kappa shape index (κ2) is 7.74. The lowest BCUT2D eigenvalue weighted by Crippen LogP contribution is -2.32. The molecule has 2 unspecified atom stereocenters. The van der Waals surface area contributed by atoms with Crippen molar-refractivity contribution in [3.63, 3.8) is 0 Å². The second-order valence-electron chi connectivity index (χ2n) is 7.82. The van der Waals surface area contributed by atoms with Gasteiger partial charge in [-0.2, -0.15) is 4.98 Å². The molecule has 33 heavy (non-hydrogen) atoms. The second-order valence-corrected chi connectivity index (χ2v) is 8.60. The van der Waals surface area contributed by atoms with E-state index in [4.69, 9.17) is 9.84 Å². The smallest absolute Gasteiger partial charge is 0.227 e. The third kappa shape index (κ3) is 3.29. The quantitative estimate of drug-likeness (QED) is 0.390. The minimum atomic E-state index is -0.506. The van der Waals surface area contributed by atoms with Crippen LogP contribution in [0.2, 0.25) is 0 Å². The van der Waals surface area contributed by atoms with Crippen molar-refractivity contribution in [1.29, 1.82) is 0 Å². The minimum absolute atomic E-state index is 0.314. The zero-order valence-corrected chi connectivity index (χ0v) is 18.3. The Labute approximate surface area is 193 Å². The van der Waals surface area contributed by atoms with Gasteiger partial charge in [0.25, 0.3) is 0 Å². The minimum Gasteiger partial charge on any atom is -0.480 e. The Morgan fingerprint density at radius 2 is 1.58 bits per heavy atom. The summed E-state index contributed by atoms with van der Waals surface area (Å²) < 4.78 is 35.8. The number of hydrogen-bond donors (Lipinski definition) is 1. The molecule has 2 aliphatic heterocycles. The predicted molar refractivity (Wildman–Crippen MR) is 123 cm³/mol. The summed E-state index contributed by atoms with van der Waals surface area (Å²) in [5.74, 6) is 0.686. The average molecular weight is 461 g/mol. The van der Waals surface area contributed by atoms with Crippen LogP contribution in [-0.2, 0) is 0 Å². The lowest BCUT2D eigenvalue weighted by atomic mass is 9.84. The number of thioether (sulfide) groups is 1. The molecule has 3 aromatic carbocycles. The molecule has 164 valence electrons. The number of aromatic nitrogens is 3. The Hall–Kier alpha value is -3.65. The van der Waals surface area contributed by atoms with Crippen LogP contribution in [0.15, 0.2) is 83.5 Å². The van der Waals surface area contributed by atoms with E-state index >= 15 is 0 Å². The van der Waals surface area contributed by atoms with E-state index in [1.807, 2.05) is 35.2 Å². The highest BCUT2D eigenvalue weighted by Gasteiger charge is 2.41. The van der Waals surface area contributed by atoms with Gasteiger partial charge in [0.15, 0.2) is 0 Å². The van der Waals surface area contributed by atoms with Crippen LogP contribution in [0.4, 0.5) is 14.7 Å². The molecule has 0 fully saturated rings. The van der Waals surface area contributed by atoms with Crippen LogP contribution in [0.25, 0.3) is 5.70 Å². The standard InChI is InChI=1S/C25H18F2N4OS/c1-33-25-29-24-28-21-18-4-2-3-5-19(18)32-23(15-8-12-17(27)13-9-15)20(21)22(31(24)30-25)14-6-10-16(26)11-7-14/h2-13,22-23H,1H3,(H,28,29,30). The summed E-state index contributed by atoms with van der Waals surface area (Å²) in [6.45, 7) is 0. The maximum atomic E-state index is 13.8. The van der Waals surface area contributed by atoms with Crippen molar-refractivity contribution in [2.75, 3.05) is 11.6 Å². The topological polar surface area (TPSA) is 52.0 Å². The summed E-state index contributed by atoms with van der Waals surface area (Å²) in [6.07, 6.45) is 1.41. The molecule has 0 aliphatic carbocycles. The van der Waals surface area contributed by atoms with Crippen molar-refractivity contribution in [1.82, 2.24) is 14.8 Å². The van der Waals surface area contributed by atoms with Gasteiger partial charge in [0.1, 0.15) is 29.5 Å². The van der Waals surface area contributed by atoms with Crippen molar-refractivity contribution in [2.45, 2.75) is 17.3 Å². The Morgan fingerprint density at radius 3 is 2.27 bits per heavy atom. The van der Waals surface area contributed by atoms with Gasteiger partial charge in [0.05, 0.1) is 5.70 Å². The van der Waals surface area contributed by atoms with Gasteiger partial charge in [-0.3, -0.25) is 0 Å². The van der Waals surface area contributed by atoms with Crippen molar-refractivity contribution in [3.8, 4) is 5.75 Å². The molecule has 2 aliphatic rings.